The zero-order chi connectivity index (χ0) is 14.6. The lowest BCUT2D eigenvalue weighted by Gasteiger charge is -2.42. The van der Waals surface area contributed by atoms with Crippen LogP contribution in [0.25, 0.3) is 0 Å². The van der Waals surface area contributed by atoms with Crippen molar-refractivity contribution in [3.8, 4) is 0 Å². The van der Waals surface area contributed by atoms with Crippen LogP contribution in [0.15, 0.2) is 0 Å². The molecule has 2 unspecified atom stereocenters. The van der Waals surface area contributed by atoms with Crippen molar-refractivity contribution in [1.82, 2.24) is 5.32 Å². The molecule has 5 N–H and O–H groups in total. The molecule has 9 heteroatoms. The summed E-state index contributed by atoms with van der Waals surface area (Å²) in [5.74, 6) is -1.78. The molecule has 1 fully saturated rings. The number of hydrogen-bond donors (Lipinski definition) is 5. The van der Waals surface area contributed by atoms with Crippen LogP contribution >= 0.6 is 0 Å². The van der Waals surface area contributed by atoms with Crippen molar-refractivity contribution < 1.29 is 39.5 Å². The van der Waals surface area contributed by atoms with Crippen LogP contribution in [0.3, 0.4) is 0 Å². The number of carboxylic acids is 1. The molecule has 1 heterocycles. The normalized spacial score (nSPS) is 34.8. The molecule has 1 saturated heterocycles. The second kappa shape index (κ2) is 6.78. The van der Waals surface area contributed by atoms with E-state index < -0.39 is 55.7 Å². The fourth-order valence-corrected chi connectivity index (χ4v) is 1.84. The summed E-state index contributed by atoms with van der Waals surface area (Å²) in [6.07, 6.45) is -5.24. The van der Waals surface area contributed by atoms with E-state index in [0.29, 0.717) is 0 Å². The second-order valence-corrected chi connectivity index (χ2v) is 4.13. The summed E-state index contributed by atoms with van der Waals surface area (Å²) >= 11 is 0. The lowest BCUT2D eigenvalue weighted by molar-refractivity contribution is -0.261. The summed E-state index contributed by atoms with van der Waals surface area (Å²) in [5.41, 5.74) is 0. The first-order valence-corrected chi connectivity index (χ1v) is 5.59. The maximum absolute atomic E-state index is 11.0. The first-order valence-electron chi connectivity index (χ1n) is 5.59. The van der Waals surface area contributed by atoms with Crippen LogP contribution in [0.5, 0.6) is 0 Å². The average molecular weight is 279 g/mol. The van der Waals surface area contributed by atoms with Gasteiger partial charge in [-0.2, -0.15) is 0 Å². The summed E-state index contributed by atoms with van der Waals surface area (Å²) in [6.45, 7) is -0.119. The first kappa shape index (κ1) is 15.8. The van der Waals surface area contributed by atoms with E-state index in [1.165, 1.54) is 6.92 Å². The summed E-state index contributed by atoms with van der Waals surface area (Å²) in [7, 11) is 0. The lowest BCUT2D eigenvalue weighted by atomic mass is 9.96. The summed E-state index contributed by atoms with van der Waals surface area (Å²) in [4.78, 5) is 21.5. The maximum atomic E-state index is 11.0. The third kappa shape index (κ3) is 4.11. The molecule has 1 aliphatic rings. The number of aliphatic hydroxyl groups is 3. The van der Waals surface area contributed by atoms with Gasteiger partial charge in [-0.05, 0) is 0 Å². The molecular weight excluding hydrogens is 262 g/mol. The molecule has 0 aromatic heterocycles. The number of carbonyl (C=O) groups excluding carboxylic acids is 1. The van der Waals surface area contributed by atoms with Gasteiger partial charge in [-0.25, -0.2) is 4.79 Å². The van der Waals surface area contributed by atoms with Gasteiger partial charge in [-0.1, -0.05) is 0 Å². The molecule has 0 saturated carbocycles. The number of ether oxygens (including phenoxy) is 2. The van der Waals surface area contributed by atoms with Crippen molar-refractivity contribution in [3.05, 3.63) is 0 Å². The van der Waals surface area contributed by atoms with Crippen LogP contribution in [0.4, 0.5) is 0 Å². The summed E-state index contributed by atoms with van der Waals surface area (Å²) < 4.78 is 9.87. The lowest BCUT2D eigenvalue weighted by Crippen LogP contribution is -2.64. The van der Waals surface area contributed by atoms with Crippen LogP contribution in [-0.4, -0.2) is 76.2 Å². The highest BCUT2D eigenvalue weighted by Crippen LogP contribution is 2.22. The Kier molecular flexibility index (Phi) is 5.63. The number of hydrogen-bond acceptors (Lipinski definition) is 7. The highest BCUT2D eigenvalue weighted by Gasteiger charge is 2.45. The maximum Gasteiger partial charge on any atom is 0.329 e. The Morgan fingerprint density at radius 3 is 2.47 bits per heavy atom. The fourth-order valence-electron chi connectivity index (χ4n) is 1.84. The minimum Gasteiger partial charge on any atom is -0.480 e. The molecule has 1 aliphatic heterocycles. The fraction of sp³-hybridized carbons (Fsp3) is 0.800. The smallest absolute Gasteiger partial charge is 0.329 e. The Balaban J connectivity index is 2.83. The van der Waals surface area contributed by atoms with Crippen molar-refractivity contribution in [2.45, 2.75) is 37.6 Å². The van der Waals surface area contributed by atoms with Crippen LogP contribution in [0.2, 0.25) is 0 Å². The van der Waals surface area contributed by atoms with E-state index >= 15 is 0 Å². The van der Waals surface area contributed by atoms with Crippen LogP contribution in [0, 0.1) is 0 Å². The number of amides is 1. The average Bonchev–Trinajstić information content (AvgIpc) is 2.32. The van der Waals surface area contributed by atoms with Gasteiger partial charge in [0.05, 0.1) is 6.61 Å². The highest BCUT2D eigenvalue weighted by atomic mass is 16.6. The standard InChI is InChI=1S/C10H17NO8/c1-4(13)11-7-9(18-3-6(14)15)8(16)5(2-12)19-10(7)17/h5,7-10,12,16-17H,2-3H2,1H3,(H,11,13)(H,14,15)/t5?,7-,8-,9-,10?/m1/s1. The van der Waals surface area contributed by atoms with Crippen LogP contribution in [0.1, 0.15) is 6.92 Å². The van der Waals surface area contributed by atoms with E-state index in [1.807, 2.05) is 0 Å². The number of aliphatic hydroxyl groups excluding tert-OH is 3. The highest BCUT2D eigenvalue weighted by molar-refractivity contribution is 5.73. The molecule has 110 valence electrons. The monoisotopic (exact) mass is 279 g/mol. The number of rotatable bonds is 5. The largest absolute Gasteiger partial charge is 0.480 e. The van der Waals surface area contributed by atoms with Gasteiger partial charge in [0.1, 0.15) is 31.0 Å². The van der Waals surface area contributed by atoms with Crippen LogP contribution in [-0.2, 0) is 19.1 Å². The van der Waals surface area contributed by atoms with Crippen molar-refractivity contribution in [1.29, 1.82) is 0 Å². The van der Waals surface area contributed by atoms with Gasteiger partial charge in [0.25, 0.3) is 0 Å². The molecule has 5 atom stereocenters. The molecule has 0 aromatic rings. The van der Waals surface area contributed by atoms with E-state index in [9.17, 15) is 19.8 Å². The zero-order valence-corrected chi connectivity index (χ0v) is 10.2. The van der Waals surface area contributed by atoms with E-state index in [2.05, 4.69) is 5.32 Å². The molecule has 0 radical (unpaired) electrons. The summed E-state index contributed by atoms with van der Waals surface area (Å²) in [5, 5.41) is 39.4. The van der Waals surface area contributed by atoms with Gasteiger partial charge >= 0.3 is 5.97 Å². The van der Waals surface area contributed by atoms with Crippen molar-refractivity contribution >= 4 is 11.9 Å². The predicted octanol–water partition coefficient (Wildman–Crippen LogP) is -2.97. The molecule has 0 aromatic carbocycles. The third-order valence-corrected chi connectivity index (χ3v) is 2.64. The Labute approximate surface area is 108 Å². The van der Waals surface area contributed by atoms with E-state index in [-0.39, 0.29) is 0 Å². The SMILES string of the molecule is CC(=O)N[C@H]1C(O)OC(CO)[C@@H](O)[C@@H]1OCC(=O)O. The minimum absolute atomic E-state index is 0.508. The van der Waals surface area contributed by atoms with Crippen molar-refractivity contribution in [3.63, 3.8) is 0 Å². The van der Waals surface area contributed by atoms with Gasteiger partial charge in [-0.3, -0.25) is 4.79 Å². The Morgan fingerprint density at radius 2 is 2.00 bits per heavy atom. The molecule has 19 heavy (non-hydrogen) atoms. The Bertz CT molecular complexity index is 335. The summed E-state index contributed by atoms with van der Waals surface area (Å²) in [6, 6.07) is -1.13. The van der Waals surface area contributed by atoms with Crippen molar-refractivity contribution in [2.75, 3.05) is 13.2 Å². The van der Waals surface area contributed by atoms with E-state index in [1.54, 1.807) is 0 Å². The van der Waals surface area contributed by atoms with Crippen LogP contribution < -0.4 is 5.32 Å². The van der Waals surface area contributed by atoms with Gasteiger partial charge in [0, 0.05) is 6.92 Å². The molecular formula is C10H17NO8. The number of carboxylic acid groups (broad SMARTS) is 1. The molecule has 9 nitrogen and oxygen atoms in total. The van der Waals surface area contributed by atoms with Gasteiger partial charge in [0.2, 0.25) is 5.91 Å². The first-order chi connectivity index (χ1) is 8.86. The molecule has 0 aliphatic carbocycles. The number of carbonyl (C=O) groups is 2. The van der Waals surface area contributed by atoms with E-state index in [0.717, 1.165) is 0 Å². The molecule has 0 bridgehead atoms. The Morgan fingerprint density at radius 1 is 1.37 bits per heavy atom. The zero-order valence-electron chi connectivity index (χ0n) is 10.2. The number of nitrogens with one attached hydrogen (secondary N) is 1. The predicted molar refractivity (Wildman–Crippen MR) is 59.0 cm³/mol. The molecule has 1 amide bonds. The number of aliphatic carboxylic acids is 1. The molecule has 1 rings (SSSR count). The van der Waals surface area contributed by atoms with Gasteiger partial charge < -0.3 is 35.2 Å². The second-order valence-electron chi connectivity index (χ2n) is 4.13. The third-order valence-electron chi connectivity index (χ3n) is 2.64. The Hall–Kier alpha value is -1.26. The topological polar surface area (TPSA) is 146 Å². The molecule has 0 spiro atoms. The van der Waals surface area contributed by atoms with Gasteiger partial charge in [0.15, 0.2) is 6.29 Å². The van der Waals surface area contributed by atoms with Gasteiger partial charge in [-0.15, -0.1) is 0 Å². The quantitative estimate of drug-likeness (QED) is 0.358. The minimum atomic E-state index is -1.52. The van der Waals surface area contributed by atoms with E-state index in [4.69, 9.17) is 19.7 Å². The van der Waals surface area contributed by atoms with Crippen molar-refractivity contribution in [2.24, 2.45) is 0 Å².